The molecule has 2 unspecified atom stereocenters. The Balaban J connectivity index is 1.68. The second-order valence-corrected chi connectivity index (χ2v) is 4.85. The molecule has 0 aromatic heterocycles. The number of hydrogen-bond acceptors (Lipinski definition) is 3. The number of ether oxygens (including phenoxy) is 2. The van der Waals surface area contributed by atoms with E-state index >= 15 is 0 Å². The maximum atomic E-state index is 5.61. The summed E-state index contributed by atoms with van der Waals surface area (Å²) in [5, 5.41) is 3.48. The Morgan fingerprint density at radius 1 is 1.44 bits per heavy atom. The number of hydrogen-bond donors (Lipinski definition) is 1. The van der Waals surface area contributed by atoms with Crippen LogP contribution in [0.3, 0.4) is 0 Å². The van der Waals surface area contributed by atoms with Gasteiger partial charge in [0.15, 0.2) is 0 Å². The van der Waals surface area contributed by atoms with Crippen LogP contribution in [-0.4, -0.2) is 38.5 Å². The second kappa shape index (κ2) is 6.38. The Bertz CT molecular complexity index is 228. The third-order valence-electron chi connectivity index (χ3n) is 3.32. The molecule has 1 N–H and O–H groups in total. The molecule has 0 amide bonds. The predicted molar refractivity (Wildman–Crippen MR) is 64.6 cm³/mol. The summed E-state index contributed by atoms with van der Waals surface area (Å²) >= 11 is 0. The van der Waals surface area contributed by atoms with Gasteiger partial charge in [-0.25, -0.2) is 0 Å². The van der Waals surface area contributed by atoms with Crippen LogP contribution in [-0.2, 0) is 9.47 Å². The Labute approximate surface area is 98.2 Å². The smallest absolute Gasteiger partial charge is 0.0623 e. The summed E-state index contributed by atoms with van der Waals surface area (Å²) in [6.45, 7) is 5.87. The first-order valence-corrected chi connectivity index (χ1v) is 6.43. The van der Waals surface area contributed by atoms with Crippen LogP contribution in [0.5, 0.6) is 0 Å². The molecule has 3 heteroatoms. The molecule has 0 aliphatic carbocycles. The highest BCUT2D eigenvalue weighted by Gasteiger charge is 2.15. The van der Waals surface area contributed by atoms with E-state index in [1.807, 2.05) is 0 Å². The van der Waals surface area contributed by atoms with Crippen molar-refractivity contribution in [3.8, 4) is 0 Å². The molecule has 0 spiro atoms. The van der Waals surface area contributed by atoms with Crippen LogP contribution in [0.25, 0.3) is 0 Å². The number of nitrogens with one attached hydrogen (secondary N) is 1. The van der Waals surface area contributed by atoms with Crippen molar-refractivity contribution in [1.29, 1.82) is 0 Å². The summed E-state index contributed by atoms with van der Waals surface area (Å²) in [5.41, 5.74) is 1.46. The van der Waals surface area contributed by atoms with Crippen LogP contribution in [0.1, 0.15) is 32.6 Å². The fraction of sp³-hybridized carbons (Fsp3) is 0.846. The third-order valence-corrected chi connectivity index (χ3v) is 3.32. The van der Waals surface area contributed by atoms with Crippen molar-refractivity contribution in [2.24, 2.45) is 0 Å². The predicted octanol–water partition coefficient (Wildman–Crippen LogP) is 1.88. The normalized spacial score (nSPS) is 31.9. The van der Waals surface area contributed by atoms with Gasteiger partial charge in [-0.2, -0.15) is 0 Å². The molecule has 0 saturated carbocycles. The van der Waals surface area contributed by atoms with Gasteiger partial charge in [-0.05, 0) is 32.6 Å². The molecular formula is C13H23NO2. The molecule has 2 atom stereocenters. The maximum absolute atomic E-state index is 5.61. The van der Waals surface area contributed by atoms with E-state index in [0.717, 1.165) is 39.2 Å². The highest BCUT2D eigenvalue weighted by Crippen LogP contribution is 2.17. The average molecular weight is 225 g/mol. The first-order valence-electron chi connectivity index (χ1n) is 6.43. The van der Waals surface area contributed by atoms with Crippen molar-refractivity contribution in [3.05, 3.63) is 11.6 Å². The van der Waals surface area contributed by atoms with Crippen molar-refractivity contribution in [2.75, 3.05) is 26.4 Å². The van der Waals surface area contributed by atoms with Gasteiger partial charge >= 0.3 is 0 Å². The molecule has 0 aromatic rings. The van der Waals surface area contributed by atoms with Gasteiger partial charge in [0, 0.05) is 19.2 Å². The Hall–Kier alpha value is -0.380. The lowest BCUT2D eigenvalue weighted by molar-refractivity contribution is 0.0769. The van der Waals surface area contributed by atoms with Gasteiger partial charge in [-0.15, -0.1) is 0 Å². The van der Waals surface area contributed by atoms with E-state index in [4.69, 9.17) is 9.47 Å². The fourth-order valence-corrected chi connectivity index (χ4v) is 2.39. The van der Waals surface area contributed by atoms with Gasteiger partial charge in [0.2, 0.25) is 0 Å². The highest BCUT2D eigenvalue weighted by molar-refractivity contribution is 5.02. The molecule has 2 rings (SSSR count). The summed E-state index contributed by atoms with van der Waals surface area (Å²) in [7, 11) is 0. The summed E-state index contributed by atoms with van der Waals surface area (Å²) < 4.78 is 11.1. The van der Waals surface area contributed by atoms with Crippen molar-refractivity contribution >= 4 is 0 Å². The van der Waals surface area contributed by atoms with E-state index in [-0.39, 0.29) is 0 Å². The maximum Gasteiger partial charge on any atom is 0.0623 e. The third kappa shape index (κ3) is 3.89. The van der Waals surface area contributed by atoms with Crippen LogP contribution in [0, 0.1) is 0 Å². The zero-order valence-electron chi connectivity index (χ0n) is 10.2. The molecule has 16 heavy (non-hydrogen) atoms. The number of rotatable bonds is 4. The van der Waals surface area contributed by atoms with Crippen LogP contribution in [0.15, 0.2) is 11.6 Å². The fourth-order valence-electron chi connectivity index (χ4n) is 2.39. The standard InChI is InChI=1S/C13H23NO2/c1-11(4-5-13-3-2-7-16-13)9-12-10-15-8-6-14-12/h4,12-14H,2-3,5-10H2,1H3. The zero-order valence-corrected chi connectivity index (χ0v) is 10.2. The van der Waals surface area contributed by atoms with Gasteiger partial charge in [0.25, 0.3) is 0 Å². The second-order valence-electron chi connectivity index (χ2n) is 4.85. The van der Waals surface area contributed by atoms with Crippen LogP contribution < -0.4 is 5.32 Å². The van der Waals surface area contributed by atoms with E-state index in [0.29, 0.717) is 12.1 Å². The first kappa shape index (κ1) is 12.1. The molecule has 2 aliphatic rings. The molecule has 2 aliphatic heterocycles. The molecule has 2 saturated heterocycles. The van der Waals surface area contributed by atoms with Crippen molar-refractivity contribution in [1.82, 2.24) is 5.32 Å². The zero-order chi connectivity index (χ0) is 11.2. The Morgan fingerprint density at radius 2 is 2.38 bits per heavy atom. The van der Waals surface area contributed by atoms with Crippen LogP contribution in [0.4, 0.5) is 0 Å². The summed E-state index contributed by atoms with van der Waals surface area (Å²) in [4.78, 5) is 0. The molecule has 2 heterocycles. The minimum Gasteiger partial charge on any atom is -0.379 e. The van der Waals surface area contributed by atoms with Gasteiger partial charge in [0.1, 0.15) is 0 Å². The number of morpholine rings is 1. The van der Waals surface area contributed by atoms with Crippen LogP contribution in [0.2, 0.25) is 0 Å². The molecule has 0 aromatic carbocycles. The summed E-state index contributed by atoms with van der Waals surface area (Å²) in [6, 6.07) is 0.509. The van der Waals surface area contributed by atoms with E-state index in [9.17, 15) is 0 Å². The minimum absolute atomic E-state index is 0.477. The molecule has 0 radical (unpaired) electrons. The molecule has 92 valence electrons. The quantitative estimate of drug-likeness (QED) is 0.741. The van der Waals surface area contributed by atoms with Gasteiger partial charge in [0.05, 0.1) is 19.3 Å². The van der Waals surface area contributed by atoms with Gasteiger partial charge in [-0.3, -0.25) is 0 Å². The molecular weight excluding hydrogens is 202 g/mol. The van der Waals surface area contributed by atoms with Gasteiger partial charge in [-0.1, -0.05) is 11.6 Å². The van der Waals surface area contributed by atoms with E-state index < -0.39 is 0 Å². The SMILES string of the molecule is CC(=CCC1CCCO1)CC1COCCN1. The first-order chi connectivity index (χ1) is 7.84. The van der Waals surface area contributed by atoms with E-state index in [1.165, 1.54) is 18.4 Å². The average Bonchev–Trinajstić information content (AvgIpc) is 2.81. The Kier molecular flexibility index (Phi) is 4.82. The molecule has 3 nitrogen and oxygen atoms in total. The lowest BCUT2D eigenvalue weighted by atomic mass is 10.0. The van der Waals surface area contributed by atoms with Gasteiger partial charge < -0.3 is 14.8 Å². The minimum atomic E-state index is 0.477. The monoisotopic (exact) mass is 225 g/mol. The lowest BCUT2D eigenvalue weighted by Gasteiger charge is -2.24. The molecule has 0 bridgehead atoms. The van der Waals surface area contributed by atoms with E-state index in [2.05, 4.69) is 18.3 Å². The van der Waals surface area contributed by atoms with Crippen LogP contribution >= 0.6 is 0 Å². The van der Waals surface area contributed by atoms with E-state index in [1.54, 1.807) is 0 Å². The molecule has 2 fully saturated rings. The van der Waals surface area contributed by atoms with Crippen molar-refractivity contribution in [3.63, 3.8) is 0 Å². The van der Waals surface area contributed by atoms with Crippen molar-refractivity contribution in [2.45, 2.75) is 44.8 Å². The summed E-state index contributed by atoms with van der Waals surface area (Å²) in [5.74, 6) is 0. The lowest BCUT2D eigenvalue weighted by Crippen LogP contribution is -2.41. The largest absolute Gasteiger partial charge is 0.379 e. The topological polar surface area (TPSA) is 30.5 Å². The Morgan fingerprint density at radius 3 is 3.06 bits per heavy atom. The highest BCUT2D eigenvalue weighted by atomic mass is 16.5. The summed E-state index contributed by atoms with van der Waals surface area (Å²) in [6.07, 6.45) is 7.47. The van der Waals surface area contributed by atoms with Crippen molar-refractivity contribution < 1.29 is 9.47 Å².